The summed E-state index contributed by atoms with van der Waals surface area (Å²) in [6.45, 7) is 2.06. The van der Waals surface area contributed by atoms with Gasteiger partial charge in [-0.1, -0.05) is 6.07 Å². The third kappa shape index (κ3) is 4.30. The second-order valence-corrected chi connectivity index (χ2v) is 6.67. The van der Waals surface area contributed by atoms with Gasteiger partial charge in [0.2, 0.25) is 10.0 Å². The molecule has 0 bridgehead atoms. The molecule has 0 aliphatic carbocycles. The molecule has 1 aliphatic heterocycles. The molecule has 0 aromatic carbocycles. The van der Waals surface area contributed by atoms with Gasteiger partial charge in [-0.3, -0.25) is 0 Å². The molecule has 1 aromatic rings. The van der Waals surface area contributed by atoms with E-state index in [0.717, 1.165) is 11.8 Å². The lowest BCUT2D eigenvalue weighted by Crippen LogP contribution is -2.48. The predicted molar refractivity (Wildman–Crippen MR) is 77.7 cm³/mol. The highest BCUT2D eigenvalue weighted by Crippen LogP contribution is 2.19. The number of aromatic nitrogens is 1. The number of hydrogen-bond acceptors (Lipinski definition) is 5. The molecule has 21 heavy (non-hydrogen) atoms. The fourth-order valence-corrected chi connectivity index (χ4v) is 2.59. The molecule has 8 nitrogen and oxygen atoms in total. The third-order valence-electron chi connectivity index (χ3n) is 3.24. The van der Waals surface area contributed by atoms with E-state index in [-0.39, 0.29) is 6.54 Å². The van der Waals surface area contributed by atoms with Crippen molar-refractivity contribution in [1.29, 1.82) is 0 Å². The van der Waals surface area contributed by atoms with E-state index in [9.17, 15) is 13.2 Å². The minimum atomic E-state index is -3.27. The normalized spacial score (nSPS) is 16.0. The highest BCUT2D eigenvalue weighted by Gasteiger charge is 2.22. The van der Waals surface area contributed by atoms with Gasteiger partial charge in [-0.15, -0.1) is 0 Å². The first kappa shape index (κ1) is 15.5. The zero-order valence-electron chi connectivity index (χ0n) is 11.7. The lowest BCUT2D eigenvalue weighted by molar-refractivity contribution is 0.142. The quantitative estimate of drug-likeness (QED) is 0.806. The van der Waals surface area contributed by atoms with Gasteiger partial charge in [0.25, 0.3) is 0 Å². The maximum Gasteiger partial charge on any atom is 0.407 e. The van der Waals surface area contributed by atoms with Crippen molar-refractivity contribution >= 4 is 21.9 Å². The molecule has 2 N–H and O–H groups in total. The summed E-state index contributed by atoms with van der Waals surface area (Å²) < 4.78 is 24.8. The van der Waals surface area contributed by atoms with E-state index in [1.54, 1.807) is 12.3 Å². The van der Waals surface area contributed by atoms with Crippen LogP contribution < -0.4 is 9.62 Å². The Bertz CT molecular complexity index is 611. The molecule has 116 valence electrons. The maximum atomic E-state index is 11.2. The summed E-state index contributed by atoms with van der Waals surface area (Å²) in [7, 11) is -3.27. The molecule has 1 amide bonds. The number of carbonyl (C=O) groups is 1. The number of carboxylic acid groups (broad SMARTS) is 1. The first-order valence-electron chi connectivity index (χ1n) is 6.48. The van der Waals surface area contributed by atoms with Crippen molar-refractivity contribution < 1.29 is 18.3 Å². The Balaban J connectivity index is 2.08. The van der Waals surface area contributed by atoms with Crippen molar-refractivity contribution in [2.24, 2.45) is 0 Å². The van der Waals surface area contributed by atoms with Gasteiger partial charge in [0.15, 0.2) is 0 Å². The van der Waals surface area contributed by atoms with E-state index in [0.29, 0.717) is 32.0 Å². The Morgan fingerprint density at radius 3 is 2.62 bits per heavy atom. The molecule has 1 fully saturated rings. The first-order chi connectivity index (χ1) is 9.87. The fourth-order valence-electron chi connectivity index (χ4n) is 2.17. The van der Waals surface area contributed by atoms with Crippen LogP contribution in [0.1, 0.15) is 5.56 Å². The minimum absolute atomic E-state index is 0.168. The Hall–Kier alpha value is -1.87. The molecule has 0 atom stereocenters. The molecule has 1 aromatic heterocycles. The van der Waals surface area contributed by atoms with E-state index >= 15 is 0 Å². The number of nitrogens with zero attached hydrogens (tertiary/aromatic N) is 3. The van der Waals surface area contributed by atoms with Crippen LogP contribution in [0.5, 0.6) is 0 Å². The number of amides is 1. The summed E-state index contributed by atoms with van der Waals surface area (Å²) >= 11 is 0. The zero-order chi connectivity index (χ0) is 15.5. The Morgan fingerprint density at radius 1 is 1.38 bits per heavy atom. The summed E-state index contributed by atoms with van der Waals surface area (Å²) in [5.41, 5.74) is 0.770. The Kier molecular flexibility index (Phi) is 4.63. The van der Waals surface area contributed by atoms with Gasteiger partial charge in [0.1, 0.15) is 5.82 Å². The summed E-state index contributed by atoms with van der Waals surface area (Å²) in [5.74, 6) is 0.693. The molecule has 1 aliphatic rings. The molecule has 1 saturated heterocycles. The van der Waals surface area contributed by atoms with Gasteiger partial charge >= 0.3 is 6.09 Å². The van der Waals surface area contributed by atoms with Crippen LogP contribution in [0.3, 0.4) is 0 Å². The second kappa shape index (κ2) is 6.27. The largest absolute Gasteiger partial charge is 0.465 e. The van der Waals surface area contributed by atoms with E-state index in [2.05, 4.69) is 9.71 Å². The predicted octanol–water partition coefficient (Wildman–Crippen LogP) is -0.0692. The van der Waals surface area contributed by atoms with Crippen LogP contribution in [0.25, 0.3) is 0 Å². The van der Waals surface area contributed by atoms with E-state index < -0.39 is 16.1 Å². The van der Waals surface area contributed by atoms with E-state index in [1.807, 2.05) is 11.0 Å². The molecule has 2 heterocycles. The second-order valence-electron chi connectivity index (χ2n) is 4.84. The smallest absolute Gasteiger partial charge is 0.407 e. The monoisotopic (exact) mass is 314 g/mol. The number of nitrogens with one attached hydrogen (secondary N) is 1. The average molecular weight is 314 g/mol. The number of anilines is 1. The van der Waals surface area contributed by atoms with Crippen LogP contribution in [-0.2, 0) is 16.6 Å². The number of piperazine rings is 1. The molecule has 0 saturated carbocycles. The van der Waals surface area contributed by atoms with Crippen LogP contribution >= 0.6 is 0 Å². The topological polar surface area (TPSA) is 103 Å². The van der Waals surface area contributed by atoms with Gasteiger partial charge in [0, 0.05) is 44.5 Å². The van der Waals surface area contributed by atoms with Gasteiger partial charge < -0.3 is 14.9 Å². The fraction of sp³-hybridized carbons (Fsp3) is 0.500. The van der Waals surface area contributed by atoms with Crippen molar-refractivity contribution in [2.75, 3.05) is 37.3 Å². The minimum Gasteiger partial charge on any atom is -0.465 e. The number of hydrogen-bond donors (Lipinski definition) is 2. The maximum absolute atomic E-state index is 11.2. The lowest BCUT2D eigenvalue weighted by atomic mass is 10.2. The van der Waals surface area contributed by atoms with Crippen molar-refractivity contribution in [3.63, 3.8) is 0 Å². The molecule has 0 radical (unpaired) electrons. The van der Waals surface area contributed by atoms with Crippen LogP contribution in [0.15, 0.2) is 18.3 Å². The number of pyridine rings is 1. The van der Waals surface area contributed by atoms with Crippen molar-refractivity contribution in [3.8, 4) is 0 Å². The van der Waals surface area contributed by atoms with Crippen LogP contribution in [0.4, 0.5) is 10.6 Å². The summed E-state index contributed by atoms with van der Waals surface area (Å²) in [4.78, 5) is 18.5. The first-order valence-corrected chi connectivity index (χ1v) is 8.37. The molecular weight excluding hydrogens is 296 g/mol. The Labute approximate surface area is 123 Å². The van der Waals surface area contributed by atoms with Crippen LogP contribution in [-0.4, -0.2) is 61.9 Å². The Morgan fingerprint density at radius 2 is 2.05 bits per heavy atom. The highest BCUT2D eigenvalue weighted by atomic mass is 32.2. The van der Waals surface area contributed by atoms with Crippen LogP contribution in [0, 0.1) is 0 Å². The molecule has 0 spiro atoms. The van der Waals surface area contributed by atoms with Crippen molar-refractivity contribution in [3.05, 3.63) is 23.9 Å². The van der Waals surface area contributed by atoms with Gasteiger partial charge in [0.05, 0.1) is 6.26 Å². The van der Waals surface area contributed by atoms with E-state index in [1.165, 1.54) is 4.90 Å². The van der Waals surface area contributed by atoms with Crippen LogP contribution in [0.2, 0.25) is 0 Å². The molecule has 0 unspecified atom stereocenters. The van der Waals surface area contributed by atoms with E-state index in [4.69, 9.17) is 5.11 Å². The number of rotatable bonds is 4. The number of sulfonamides is 1. The summed E-state index contributed by atoms with van der Waals surface area (Å²) in [5, 5.41) is 8.94. The van der Waals surface area contributed by atoms with Crippen molar-refractivity contribution in [1.82, 2.24) is 14.6 Å². The summed E-state index contributed by atoms with van der Waals surface area (Å²) in [6, 6.07) is 3.56. The molecule has 9 heteroatoms. The van der Waals surface area contributed by atoms with Crippen molar-refractivity contribution in [2.45, 2.75) is 6.54 Å². The van der Waals surface area contributed by atoms with Gasteiger partial charge in [-0.2, -0.15) is 0 Å². The molecule has 2 rings (SSSR count). The standard InChI is InChI=1S/C12H18N4O4S/c1-21(19,20)14-9-10-3-2-4-13-11(10)15-5-7-16(8-6-15)12(17)18/h2-4,14H,5-9H2,1H3,(H,17,18). The molecular formula is C12H18N4O4S. The summed E-state index contributed by atoms with van der Waals surface area (Å²) in [6.07, 6.45) is 1.83. The zero-order valence-corrected chi connectivity index (χ0v) is 12.5. The SMILES string of the molecule is CS(=O)(=O)NCc1cccnc1N1CCN(C(=O)O)CC1. The van der Waals surface area contributed by atoms with Gasteiger partial charge in [-0.25, -0.2) is 22.9 Å². The average Bonchev–Trinajstić information content (AvgIpc) is 2.45. The highest BCUT2D eigenvalue weighted by molar-refractivity contribution is 7.88. The third-order valence-corrected chi connectivity index (χ3v) is 3.91. The lowest BCUT2D eigenvalue weighted by Gasteiger charge is -2.34. The van der Waals surface area contributed by atoms with Gasteiger partial charge in [-0.05, 0) is 6.07 Å².